The van der Waals surface area contributed by atoms with Crippen LogP contribution >= 0.6 is 0 Å². The molecule has 2 heterocycles. The zero-order valence-corrected chi connectivity index (χ0v) is 12.9. The summed E-state index contributed by atoms with van der Waals surface area (Å²) in [5.74, 6) is 0. The van der Waals surface area contributed by atoms with Gasteiger partial charge in [0.25, 0.3) is 0 Å². The molecule has 2 aliphatic rings. The number of hydrogen-bond acceptors (Lipinski definition) is 4. The summed E-state index contributed by atoms with van der Waals surface area (Å²) in [7, 11) is 0. The van der Waals surface area contributed by atoms with Gasteiger partial charge in [-0.15, -0.1) is 0 Å². The Morgan fingerprint density at radius 2 is 2.00 bits per heavy atom. The van der Waals surface area contributed by atoms with E-state index in [4.69, 9.17) is 9.47 Å². The molecule has 1 spiro atoms. The van der Waals surface area contributed by atoms with E-state index in [2.05, 4.69) is 0 Å². The van der Waals surface area contributed by atoms with Crippen molar-refractivity contribution < 1.29 is 19.4 Å². The molecule has 0 aliphatic carbocycles. The quantitative estimate of drug-likeness (QED) is 0.802. The number of amides is 1. The first kappa shape index (κ1) is 15.6. The lowest BCUT2D eigenvalue weighted by Gasteiger charge is -2.48. The number of likely N-dealkylation sites (tertiary alicyclic amines) is 1. The molecular weight excluding hydrogens is 258 g/mol. The van der Waals surface area contributed by atoms with Gasteiger partial charge in [-0.3, -0.25) is 0 Å². The van der Waals surface area contributed by atoms with Crippen LogP contribution in [0.3, 0.4) is 0 Å². The zero-order valence-electron chi connectivity index (χ0n) is 12.9. The second kappa shape index (κ2) is 5.90. The average molecular weight is 285 g/mol. The number of ether oxygens (including phenoxy) is 2. The first-order valence-electron chi connectivity index (χ1n) is 7.53. The molecule has 20 heavy (non-hydrogen) atoms. The maximum atomic E-state index is 12.4. The van der Waals surface area contributed by atoms with E-state index >= 15 is 0 Å². The first-order chi connectivity index (χ1) is 9.35. The fourth-order valence-electron chi connectivity index (χ4n) is 3.13. The van der Waals surface area contributed by atoms with Crippen molar-refractivity contribution in [2.75, 3.05) is 26.4 Å². The third-order valence-corrected chi connectivity index (χ3v) is 4.35. The molecule has 0 aromatic heterocycles. The largest absolute Gasteiger partial charge is 0.444 e. The van der Waals surface area contributed by atoms with Gasteiger partial charge in [-0.25, -0.2) is 4.79 Å². The van der Waals surface area contributed by atoms with Crippen molar-refractivity contribution in [3.63, 3.8) is 0 Å². The molecule has 116 valence electrons. The minimum Gasteiger partial charge on any atom is -0.444 e. The van der Waals surface area contributed by atoms with Gasteiger partial charge in [-0.1, -0.05) is 0 Å². The number of nitrogens with zero attached hydrogens (tertiary/aromatic N) is 1. The number of piperidine rings is 1. The van der Waals surface area contributed by atoms with Crippen molar-refractivity contribution in [2.24, 2.45) is 5.41 Å². The molecular formula is C15H27NO4. The highest BCUT2D eigenvalue weighted by molar-refractivity contribution is 5.68. The van der Waals surface area contributed by atoms with E-state index in [-0.39, 0.29) is 24.2 Å². The minimum absolute atomic E-state index is 0.00578. The van der Waals surface area contributed by atoms with Crippen molar-refractivity contribution in [1.29, 1.82) is 0 Å². The molecule has 0 bridgehead atoms. The van der Waals surface area contributed by atoms with Crippen molar-refractivity contribution in [3.05, 3.63) is 0 Å². The van der Waals surface area contributed by atoms with Gasteiger partial charge in [0, 0.05) is 19.8 Å². The van der Waals surface area contributed by atoms with E-state index < -0.39 is 5.60 Å². The molecule has 2 aliphatic heterocycles. The van der Waals surface area contributed by atoms with Crippen LogP contribution in [0.4, 0.5) is 4.79 Å². The van der Waals surface area contributed by atoms with E-state index in [1.807, 2.05) is 20.8 Å². The Hall–Kier alpha value is -0.810. The summed E-state index contributed by atoms with van der Waals surface area (Å²) >= 11 is 0. The van der Waals surface area contributed by atoms with Gasteiger partial charge in [0.2, 0.25) is 0 Å². The number of rotatable bonds is 1. The summed E-state index contributed by atoms with van der Waals surface area (Å²) in [6.45, 7) is 7.83. The smallest absolute Gasteiger partial charge is 0.410 e. The number of carbonyl (C=O) groups excluding carboxylic acids is 1. The number of carbonyl (C=O) groups is 1. The maximum absolute atomic E-state index is 12.4. The number of aliphatic hydroxyl groups is 1. The molecule has 1 atom stereocenters. The second-order valence-corrected chi connectivity index (χ2v) is 7.10. The summed E-state index contributed by atoms with van der Waals surface area (Å²) in [6, 6.07) is -0.113. The van der Waals surface area contributed by atoms with Gasteiger partial charge < -0.3 is 19.5 Å². The van der Waals surface area contributed by atoms with Crippen molar-refractivity contribution in [2.45, 2.75) is 58.1 Å². The van der Waals surface area contributed by atoms with Crippen LogP contribution in [0, 0.1) is 5.41 Å². The predicted octanol–water partition coefficient (Wildman–Crippen LogP) is 2.18. The van der Waals surface area contributed by atoms with Crippen LogP contribution in [0.15, 0.2) is 0 Å². The Bertz CT molecular complexity index is 344. The van der Waals surface area contributed by atoms with Crippen molar-refractivity contribution in [1.82, 2.24) is 4.90 Å². The van der Waals surface area contributed by atoms with E-state index in [0.717, 1.165) is 38.9 Å². The van der Waals surface area contributed by atoms with Crippen LogP contribution in [0.5, 0.6) is 0 Å². The lowest BCUT2D eigenvalue weighted by atomic mass is 9.72. The average Bonchev–Trinajstić information content (AvgIpc) is 2.38. The topological polar surface area (TPSA) is 59.0 Å². The van der Waals surface area contributed by atoms with E-state index in [1.54, 1.807) is 4.90 Å². The Labute approximate surface area is 121 Å². The van der Waals surface area contributed by atoms with E-state index in [9.17, 15) is 9.90 Å². The molecule has 5 nitrogen and oxygen atoms in total. The Morgan fingerprint density at radius 1 is 1.35 bits per heavy atom. The van der Waals surface area contributed by atoms with E-state index in [0.29, 0.717) is 6.54 Å². The molecule has 0 aromatic rings. The lowest BCUT2D eigenvalue weighted by molar-refractivity contribution is -0.0599. The normalized spacial score (nSPS) is 26.6. The van der Waals surface area contributed by atoms with Crippen LogP contribution in [0.2, 0.25) is 0 Å². The van der Waals surface area contributed by atoms with Gasteiger partial charge in [-0.05, 0) is 51.9 Å². The number of hydrogen-bond donors (Lipinski definition) is 1. The van der Waals surface area contributed by atoms with Crippen LogP contribution in [0.1, 0.15) is 46.5 Å². The number of aliphatic hydroxyl groups excluding tert-OH is 1. The summed E-state index contributed by atoms with van der Waals surface area (Å²) in [5, 5.41) is 9.52. The van der Waals surface area contributed by atoms with Gasteiger partial charge >= 0.3 is 6.09 Å². The lowest BCUT2D eigenvalue weighted by Crippen LogP contribution is -2.55. The molecule has 1 N–H and O–H groups in total. The Morgan fingerprint density at radius 3 is 2.55 bits per heavy atom. The Kier molecular flexibility index (Phi) is 4.59. The van der Waals surface area contributed by atoms with Crippen LogP contribution < -0.4 is 0 Å². The van der Waals surface area contributed by atoms with Crippen molar-refractivity contribution >= 4 is 6.09 Å². The van der Waals surface area contributed by atoms with Gasteiger partial charge in [0.05, 0.1) is 12.6 Å². The fourth-order valence-corrected chi connectivity index (χ4v) is 3.13. The fraction of sp³-hybridized carbons (Fsp3) is 0.933. The van der Waals surface area contributed by atoms with Crippen molar-refractivity contribution in [3.8, 4) is 0 Å². The van der Waals surface area contributed by atoms with Crippen LogP contribution in [-0.4, -0.2) is 54.1 Å². The molecule has 2 rings (SSSR count). The monoisotopic (exact) mass is 285 g/mol. The molecule has 0 aromatic carbocycles. The summed E-state index contributed by atoms with van der Waals surface area (Å²) < 4.78 is 10.9. The highest BCUT2D eigenvalue weighted by atomic mass is 16.6. The molecule has 2 fully saturated rings. The zero-order chi connectivity index (χ0) is 14.8. The van der Waals surface area contributed by atoms with E-state index in [1.165, 1.54) is 0 Å². The molecule has 1 unspecified atom stereocenters. The molecule has 0 saturated carbocycles. The van der Waals surface area contributed by atoms with Gasteiger partial charge in [-0.2, -0.15) is 0 Å². The molecule has 5 heteroatoms. The van der Waals surface area contributed by atoms with Gasteiger partial charge in [0.15, 0.2) is 0 Å². The molecule has 0 radical (unpaired) electrons. The SMILES string of the molecule is CC(C)(C)OC(=O)N1CC2(CCOCC2)CCC1CO. The first-order valence-corrected chi connectivity index (χ1v) is 7.53. The Balaban J connectivity index is 2.08. The maximum Gasteiger partial charge on any atom is 0.410 e. The summed E-state index contributed by atoms with van der Waals surface area (Å²) in [5.41, 5.74) is -0.349. The van der Waals surface area contributed by atoms with Crippen LogP contribution in [0.25, 0.3) is 0 Å². The predicted molar refractivity (Wildman–Crippen MR) is 75.5 cm³/mol. The summed E-state index contributed by atoms with van der Waals surface area (Å²) in [4.78, 5) is 14.1. The highest BCUT2D eigenvalue weighted by Gasteiger charge is 2.43. The highest BCUT2D eigenvalue weighted by Crippen LogP contribution is 2.41. The second-order valence-electron chi connectivity index (χ2n) is 7.10. The van der Waals surface area contributed by atoms with Crippen LogP contribution in [-0.2, 0) is 9.47 Å². The minimum atomic E-state index is -0.503. The molecule has 2 saturated heterocycles. The third-order valence-electron chi connectivity index (χ3n) is 4.35. The standard InChI is InChI=1S/C15H27NO4/c1-14(2,3)20-13(18)16-11-15(5-4-12(16)10-17)6-8-19-9-7-15/h12,17H,4-11H2,1-3H3. The third kappa shape index (κ3) is 3.64. The molecule has 1 amide bonds. The summed E-state index contributed by atoms with van der Waals surface area (Å²) in [6.07, 6.45) is 3.58. The van der Waals surface area contributed by atoms with Gasteiger partial charge in [0.1, 0.15) is 5.60 Å².